The number of aromatic nitrogens is 1. The first-order valence-electron chi connectivity index (χ1n) is 17.5. The van der Waals surface area contributed by atoms with Crippen LogP contribution in [-0.4, -0.2) is 4.40 Å². The molecule has 0 spiro atoms. The van der Waals surface area contributed by atoms with E-state index < -0.39 is 0 Å². The topological polar surface area (TPSA) is 7.65 Å². The highest BCUT2D eigenvalue weighted by atomic mass is 15.1. The molecule has 2 heterocycles. The van der Waals surface area contributed by atoms with Crippen LogP contribution in [0.3, 0.4) is 0 Å². The molecule has 0 fully saturated rings. The summed E-state index contributed by atoms with van der Waals surface area (Å²) in [7, 11) is 0. The molecule has 0 radical (unpaired) electrons. The van der Waals surface area contributed by atoms with Crippen LogP contribution in [0.15, 0.2) is 164 Å². The highest BCUT2D eigenvalue weighted by Crippen LogP contribution is 2.51. The molecule has 238 valence electrons. The number of hydrogen-bond acceptors (Lipinski definition) is 1. The SMILES string of the molecule is CC(C)(C)c1ccc(N(c2cc3c4ccccc4n4c5ccccc5c(c2)c34)c2c(-c3ccccc3)c3ccccc3c3ccccc23)cc1. The smallest absolute Gasteiger partial charge is 0.0624 e. The highest BCUT2D eigenvalue weighted by Gasteiger charge is 2.26. The van der Waals surface area contributed by atoms with Gasteiger partial charge in [0.1, 0.15) is 0 Å². The Morgan fingerprint density at radius 3 is 1.48 bits per heavy atom. The fourth-order valence-corrected chi connectivity index (χ4v) is 8.33. The van der Waals surface area contributed by atoms with Crippen molar-refractivity contribution in [2.45, 2.75) is 26.2 Å². The monoisotopic (exact) mass is 640 g/mol. The molecule has 0 unspecified atom stereocenters. The van der Waals surface area contributed by atoms with Gasteiger partial charge < -0.3 is 9.30 Å². The minimum absolute atomic E-state index is 0.0462. The van der Waals surface area contributed by atoms with Crippen molar-refractivity contribution in [3.8, 4) is 11.1 Å². The summed E-state index contributed by atoms with van der Waals surface area (Å²) in [6, 6.07) is 60.6. The van der Waals surface area contributed by atoms with Gasteiger partial charge in [0.15, 0.2) is 0 Å². The van der Waals surface area contributed by atoms with Crippen LogP contribution in [0.4, 0.5) is 17.1 Å². The molecule has 8 aromatic carbocycles. The van der Waals surface area contributed by atoms with E-state index in [1.54, 1.807) is 0 Å². The maximum absolute atomic E-state index is 2.53. The van der Waals surface area contributed by atoms with Gasteiger partial charge in [-0.25, -0.2) is 0 Å². The van der Waals surface area contributed by atoms with Gasteiger partial charge in [0.05, 0.1) is 22.2 Å². The van der Waals surface area contributed by atoms with Crippen molar-refractivity contribution < 1.29 is 0 Å². The number of fused-ring (bicyclic) bond motifs is 9. The largest absolute Gasteiger partial charge is 0.309 e. The Morgan fingerprint density at radius 1 is 0.420 bits per heavy atom. The molecule has 0 aliphatic rings. The highest BCUT2D eigenvalue weighted by molar-refractivity contribution is 6.26. The molecular weight excluding hydrogens is 605 g/mol. The molecule has 0 saturated carbocycles. The van der Waals surface area contributed by atoms with Crippen LogP contribution < -0.4 is 4.90 Å². The normalized spacial score (nSPS) is 12.3. The quantitative estimate of drug-likeness (QED) is 0.174. The number of anilines is 3. The van der Waals surface area contributed by atoms with Crippen LogP contribution in [0.5, 0.6) is 0 Å². The molecule has 0 amide bonds. The third kappa shape index (κ3) is 4.15. The van der Waals surface area contributed by atoms with Crippen molar-refractivity contribution in [1.82, 2.24) is 4.40 Å². The molecule has 10 rings (SSSR count). The molecule has 0 aliphatic carbocycles. The van der Waals surface area contributed by atoms with E-state index in [-0.39, 0.29) is 5.41 Å². The first-order chi connectivity index (χ1) is 24.5. The zero-order chi connectivity index (χ0) is 33.6. The molecule has 0 bridgehead atoms. The summed E-state index contributed by atoms with van der Waals surface area (Å²) in [5.74, 6) is 0. The summed E-state index contributed by atoms with van der Waals surface area (Å²) in [5.41, 5.74) is 11.0. The lowest BCUT2D eigenvalue weighted by atomic mass is 9.86. The van der Waals surface area contributed by atoms with Crippen LogP contribution in [0.25, 0.3) is 70.8 Å². The van der Waals surface area contributed by atoms with Gasteiger partial charge in [0, 0.05) is 43.9 Å². The summed E-state index contributed by atoms with van der Waals surface area (Å²) in [6.45, 7) is 6.85. The second-order valence-corrected chi connectivity index (χ2v) is 14.6. The van der Waals surface area contributed by atoms with E-state index >= 15 is 0 Å². The Balaban J connectivity index is 1.40. The van der Waals surface area contributed by atoms with Gasteiger partial charge in [-0.3, -0.25) is 0 Å². The van der Waals surface area contributed by atoms with Crippen molar-refractivity contribution in [1.29, 1.82) is 0 Å². The fraction of sp³-hybridized carbons (Fsp3) is 0.0833. The second-order valence-electron chi connectivity index (χ2n) is 14.6. The number of para-hydroxylation sites is 2. The summed E-state index contributed by atoms with van der Waals surface area (Å²) in [5, 5.41) is 10.1. The molecule has 10 aromatic rings. The van der Waals surface area contributed by atoms with E-state index in [2.05, 4.69) is 194 Å². The summed E-state index contributed by atoms with van der Waals surface area (Å²) < 4.78 is 2.46. The molecule has 2 heteroatoms. The van der Waals surface area contributed by atoms with E-state index in [1.165, 1.54) is 82.0 Å². The van der Waals surface area contributed by atoms with Crippen molar-refractivity contribution in [2.75, 3.05) is 4.90 Å². The van der Waals surface area contributed by atoms with Gasteiger partial charge in [-0.15, -0.1) is 0 Å². The predicted octanol–water partition coefficient (Wildman–Crippen LogP) is 13.6. The molecule has 0 atom stereocenters. The predicted molar refractivity (Wildman–Crippen MR) is 215 cm³/mol. The van der Waals surface area contributed by atoms with Gasteiger partial charge >= 0.3 is 0 Å². The standard InChI is InChI=1S/C48H36N2/c1-48(2,3)32-25-27-33(28-26-32)49(34-29-41-37-19-11-13-23-43(37)50-44-24-14-12-20-38(44)42(30-34)46(41)50)47-40-22-10-8-18-36(40)35-17-7-9-21-39(35)45(47)31-15-5-4-6-16-31/h4-30H,1-3H3. The van der Waals surface area contributed by atoms with Gasteiger partial charge in [0.2, 0.25) is 0 Å². The minimum Gasteiger partial charge on any atom is -0.309 e. The van der Waals surface area contributed by atoms with Gasteiger partial charge in [-0.05, 0) is 69.1 Å². The zero-order valence-electron chi connectivity index (χ0n) is 28.5. The van der Waals surface area contributed by atoms with Gasteiger partial charge in [-0.2, -0.15) is 0 Å². The third-order valence-corrected chi connectivity index (χ3v) is 10.6. The number of rotatable bonds is 4. The van der Waals surface area contributed by atoms with Crippen LogP contribution >= 0.6 is 0 Å². The van der Waals surface area contributed by atoms with Crippen LogP contribution in [0, 0.1) is 0 Å². The first kappa shape index (κ1) is 28.9. The third-order valence-electron chi connectivity index (χ3n) is 10.6. The fourth-order valence-electron chi connectivity index (χ4n) is 8.33. The van der Waals surface area contributed by atoms with E-state index in [4.69, 9.17) is 0 Å². The molecule has 0 aliphatic heterocycles. The Hall–Kier alpha value is -6.12. The average molecular weight is 641 g/mol. The Bertz CT molecular complexity index is 2810. The van der Waals surface area contributed by atoms with E-state index in [0.29, 0.717) is 0 Å². The zero-order valence-corrected chi connectivity index (χ0v) is 28.5. The van der Waals surface area contributed by atoms with Crippen LogP contribution in [0.1, 0.15) is 26.3 Å². The lowest BCUT2D eigenvalue weighted by Crippen LogP contribution is -2.14. The van der Waals surface area contributed by atoms with Gasteiger partial charge in [0.25, 0.3) is 0 Å². The van der Waals surface area contributed by atoms with E-state index in [0.717, 1.165) is 11.4 Å². The molecule has 0 saturated heterocycles. The molecule has 2 nitrogen and oxygen atoms in total. The maximum atomic E-state index is 2.53. The van der Waals surface area contributed by atoms with E-state index in [9.17, 15) is 0 Å². The minimum atomic E-state index is 0.0462. The van der Waals surface area contributed by atoms with E-state index in [1.807, 2.05) is 0 Å². The van der Waals surface area contributed by atoms with Crippen molar-refractivity contribution in [3.63, 3.8) is 0 Å². The second kappa shape index (κ2) is 10.7. The summed E-state index contributed by atoms with van der Waals surface area (Å²) >= 11 is 0. The Labute approximate surface area is 291 Å². The Kier molecular flexibility index (Phi) is 6.17. The molecule has 2 aromatic heterocycles. The number of nitrogens with zero attached hydrogens (tertiary/aromatic N) is 2. The lowest BCUT2D eigenvalue weighted by Gasteiger charge is -2.31. The maximum Gasteiger partial charge on any atom is 0.0624 e. The lowest BCUT2D eigenvalue weighted by molar-refractivity contribution is 0.590. The molecule has 0 N–H and O–H groups in total. The average Bonchev–Trinajstić information content (AvgIpc) is 3.67. The van der Waals surface area contributed by atoms with Crippen LogP contribution in [0.2, 0.25) is 0 Å². The van der Waals surface area contributed by atoms with Crippen molar-refractivity contribution >= 4 is 76.7 Å². The Morgan fingerprint density at radius 2 is 0.900 bits per heavy atom. The summed E-state index contributed by atoms with van der Waals surface area (Å²) in [6.07, 6.45) is 0. The van der Waals surface area contributed by atoms with Gasteiger partial charge in [-0.1, -0.05) is 148 Å². The van der Waals surface area contributed by atoms with Crippen LogP contribution in [-0.2, 0) is 5.41 Å². The van der Waals surface area contributed by atoms with Crippen molar-refractivity contribution in [3.05, 3.63) is 169 Å². The first-order valence-corrected chi connectivity index (χ1v) is 17.5. The number of hydrogen-bond donors (Lipinski definition) is 0. The molecular formula is C48H36N2. The number of benzene rings is 8. The van der Waals surface area contributed by atoms with Crippen molar-refractivity contribution in [2.24, 2.45) is 0 Å². The summed E-state index contributed by atoms with van der Waals surface area (Å²) in [4.78, 5) is 2.53. The molecule has 50 heavy (non-hydrogen) atoms.